The van der Waals surface area contributed by atoms with Crippen LogP contribution in [0.1, 0.15) is 34.2 Å². The van der Waals surface area contributed by atoms with Crippen LogP contribution < -0.4 is 4.90 Å². The van der Waals surface area contributed by atoms with Crippen LogP contribution in [0.25, 0.3) is 5.69 Å². The molecule has 1 saturated heterocycles. The smallest absolute Gasteiger partial charge is 0.318 e. The zero-order chi connectivity index (χ0) is 22.3. The van der Waals surface area contributed by atoms with Crippen LogP contribution >= 0.6 is 0 Å². The number of Topliss-reactive ketones (excluding diaryl/α,β-unsaturated/α-hetero) is 1. The number of hydrogen-bond donors (Lipinski definition) is 0. The van der Waals surface area contributed by atoms with Crippen LogP contribution in [0.5, 0.6) is 0 Å². The summed E-state index contributed by atoms with van der Waals surface area (Å²) in [6, 6.07) is 17.9. The molecule has 3 aromatic rings. The first kappa shape index (κ1) is 20.6. The van der Waals surface area contributed by atoms with Crippen LogP contribution in [0, 0.1) is 20.8 Å². The second-order valence-electron chi connectivity index (χ2n) is 7.97. The number of amides is 3. The fourth-order valence-corrected chi connectivity index (χ4v) is 4.16. The molecule has 0 spiro atoms. The number of hydrogen-bond acceptors (Lipinski definition) is 3. The lowest BCUT2D eigenvalue weighted by atomic mass is 10.1. The molecule has 1 aliphatic rings. The molecule has 31 heavy (non-hydrogen) atoms. The molecule has 0 N–H and O–H groups in total. The molecule has 4 rings (SSSR count). The molecule has 0 radical (unpaired) electrons. The van der Waals surface area contributed by atoms with Crippen molar-refractivity contribution in [2.75, 3.05) is 11.4 Å². The zero-order valence-corrected chi connectivity index (χ0v) is 18.1. The number of urea groups is 1. The van der Waals surface area contributed by atoms with Gasteiger partial charge in [-0.15, -0.1) is 0 Å². The Hall–Kier alpha value is -3.67. The third-order valence-electron chi connectivity index (χ3n) is 5.81. The second-order valence-corrected chi connectivity index (χ2v) is 7.97. The molecule has 158 valence electrons. The fraction of sp³-hybridized carbons (Fsp3) is 0.240. The number of carbonyl (C=O) groups is 3. The van der Waals surface area contributed by atoms with Crippen molar-refractivity contribution in [3.63, 3.8) is 0 Å². The Kier molecular flexibility index (Phi) is 5.23. The number of para-hydroxylation sites is 1. The number of carbonyl (C=O) groups excluding carboxylic acids is 3. The van der Waals surface area contributed by atoms with Crippen LogP contribution in [0.3, 0.4) is 0 Å². The van der Waals surface area contributed by atoms with Gasteiger partial charge in [-0.2, -0.15) is 0 Å². The Bertz CT molecular complexity index is 1160. The molecule has 6 heteroatoms. The highest BCUT2D eigenvalue weighted by atomic mass is 16.2. The third-order valence-corrected chi connectivity index (χ3v) is 5.81. The minimum Gasteiger partial charge on any atom is -0.318 e. The lowest BCUT2D eigenvalue weighted by Gasteiger charge is -2.19. The van der Waals surface area contributed by atoms with Crippen LogP contribution in [0.15, 0.2) is 60.7 Å². The maximum absolute atomic E-state index is 13.1. The number of rotatable bonds is 5. The Morgan fingerprint density at radius 3 is 2.19 bits per heavy atom. The largest absolute Gasteiger partial charge is 0.332 e. The molecule has 0 aliphatic carbocycles. The lowest BCUT2D eigenvalue weighted by molar-refractivity contribution is -0.126. The van der Waals surface area contributed by atoms with Gasteiger partial charge in [0.2, 0.25) is 0 Å². The van der Waals surface area contributed by atoms with Crippen molar-refractivity contribution in [3.05, 3.63) is 83.2 Å². The van der Waals surface area contributed by atoms with Gasteiger partial charge in [-0.1, -0.05) is 35.9 Å². The molecule has 0 bridgehead atoms. The zero-order valence-electron chi connectivity index (χ0n) is 18.1. The van der Waals surface area contributed by atoms with E-state index in [4.69, 9.17) is 0 Å². The van der Waals surface area contributed by atoms with Crippen molar-refractivity contribution in [1.82, 2.24) is 9.47 Å². The number of nitrogens with zero attached hydrogens (tertiary/aromatic N) is 3. The highest BCUT2D eigenvalue weighted by Gasteiger charge is 2.44. The number of ketones is 1. The molecule has 2 heterocycles. The normalized spacial score (nSPS) is 16.3. The van der Waals surface area contributed by atoms with Crippen molar-refractivity contribution < 1.29 is 14.4 Å². The molecule has 3 amide bonds. The van der Waals surface area contributed by atoms with Crippen molar-refractivity contribution in [1.29, 1.82) is 0 Å². The monoisotopic (exact) mass is 415 g/mol. The molecular formula is C25H25N3O3. The van der Waals surface area contributed by atoms with Gasteiger partial charge in [0, 0.05) is 28.3 Å². The van der Waals surface area contributed by atoms with Gasteiger partial charge in [0.05, 0.1) is 6.54 Å². The summed E-state index contributed by atoms with van der Waals surface area (Å²) in [7, 11) is 0. The van der Waals surface area contributed by atoms with Crippen molar-refractivity contribution in [2.45, 2.75) is 33.7 Å². The molecule has 1 unspecified atom stereocenters. The highest BCUT2D eigenvalue weighted by molar-refractivity contribution is 6.16. The van der Waals surface area contributed by atoms with Gasteiger partial charge < -0.3 is 4.57 Å². The standard InChI is InChI=1S/C25H25N3O3/c1-16-10-12-21(13-11-16)28-19(4)24(30)26(25(28)31)15-23(29)22-14-17(2)27(18(22)3)20-8-6-5-7-9-20/h5-14,19H,15H2,1-4H3. The molecule has 0 saturated carbocycles. The van der Waals surface area contributed by atoms with Gasteiger partial charge in [-0.25, -0.2) is 4.79 Å². The summed E-state index contributed by atoms with van der Waals surface area (Å²) < 4.78 is 2.00. The number of aryl methyl sites for hydroxylation is 2. The van der Waals surface area contributed by atoms with Crippen molar-refractivity contribution in [2.24, 2.45) is 0 Å². The predicted octanol–water partition coefficient (Wildman–Crippen LogP) is 4.44. The van der Waals surface area contributed by atoms with Crippen LogP contribution in [0.2, 0.25) is 0 Å². The summed E-state index contributed by atoms with van der Waals surface area (Å²) in [4.78, 5) is 41.5. The Balaban J connectivity index is 1.60. The van der Waals surface area contributed by atoms with E-state index in [1.807, 2.05) is 86.0 Å². The summed E-state index contributed by atoms with van der Waals surface area (Å²) in [5, 5.41) is 0. The molecule has 6 nitrogen and oxygen atoms in total. The maximum Gasteiger partial charge on any atom is 0.332 e. The first-order valence-corrected chi connectivity index (χ1v) is 10.3. The average Bonchev–Trinajstić information content (AvgIpc) is 3.17. The van der Waals surface area contributed by atoms with E-state index in [9.17, 15) is 14.4 Å². The predicted molar refractivity (Wildman–Crippen MR) is 120 cm³/mol. The van der Waals surface area contributed by atoms with Gasteiger partial charge in [-0.3, -0.25) is 19.4 Å². The lowest BCUT2D eigenvalue weighted by Crippen LogP contribution is -2.37. The fourth-order valence-electron chi connectivity index (χ4n) is 4.16. The van der Waals surface area contributed by atoms with Gasteiger partial charge in [0.1, 0.15) is 6.04 Å². The summed E-state index contributed by atoms with van der Waals surface area (Å²) >= 11 is 0. The molecular weight excluding hydrogens is 390 g/mol. The van der Waals surface area contributed by atoms with Crippen molar-refractivity contribution >= 4 is 23.4 Å². The highest BCUT2D eigenvalue weighted by Crippen LogP contribution is 2.27. The number of aromatic nitrogens is 1. The molecule has 2 aromatic carbocycles. The van der Waals surface area contributed by atoms with Crippen LogP contribution in [-0.2, 0) is 4.79 Å². The second kappa shape index (κ2) is 7.87. The molecule has 1 fully saturated rings. The summed E-state index contributed by atoms with van der Waals surface area (Å²) in [5.41, 5.74) is 4.90. The number of benzene rings is 2. The van der Waals surface area contributed by atoms with E-state index >= 15 is 0 Å². The van der Waals surface area contributed by atoms with Crippen molar-refractivity contribution in [3.8, 4) is 5.69 Å². The third kappa shape index (κ3) is 3.54. The van der Waals surface area contributed by atoms with E-state index in [-0.39, 0.29) is 18.2 Å². The van der Waals surface area contributed by atoms with Gasteiger partial charge in [-0.05, 0) is 58.0 Å². The molecule has 1 aromatic heterocycles. The van der Waals surface area contributed by atoms with E-state index in [1.54, 1.807) is 6.92 Å². The Morgan fingerprint density at radius 2 is 1.55 bits per heavy atom. The van der Waals surface area contributed by atoms with Gasteiger partial charge in [0.25, 0.3) is 5.91 Å². The average molecular weight is 415 g/mol. The summed E-state index contributed by atoms with van der Waals surface area (Å²) in [6.45, 7) is 7.18. The number of anilines is 1. The Morgan fingerprint density at radius 1 is 0.903 bits per heavy atom. The van der Waals surface area contributed by atoms with E-state index in [1.165, 1.54) is 4.90 Å². The topological polar surface area (TPSA) is 62.6 Å². The Labute approximate surface area is 181 Å². The molecule has 1 atom stereocenters. The van der Waals surface area contributed by atoms with Gasteiger partial charge in [0.15, 0.2) is 5.78 Å². The number of imide groups is 1. The first-order chi connectivity index (χ1) is 14.8. The quantitative estimate of drug-likeness (QED) is 0.457. The van der Waals surface area contributed by atoms with E-state index in [2.05, 4.69) is 0 Å². The minimum absolute atomic E-state index is 0.255. The van der Waals surface area contributed by atoms with E-state index < -0.39 is 12.1 Å². The maximum atomic E-state index is 13.1. The summed E-state index contributed by atoms with van der Waals surface area (Å²) in [5.74, 6) is -0.620. The van der Waals surface area contributed by atoms with Gasteiger partial charge >= 0.3 is 6.03 Å². The molecule has 1 aliphatic heterocycles. The van der Waals surface area contributed by atoms with Crippen LogP contribution in [0.4, 0.5) is 10.5 Å². The SMILES string of the molecule is Cc1ccc(N2C(=O)N(CC(=O)c3cc(C)n(-c4ccccc4)c3C)C(=O)C2C)cc1. The van der Waals surface area contributed by atoms with E-state index in [0.717, 1.165) is 27.5 Å². The summed E-state index contributed by atoms with van der Waals surface area (Å²) in [6.07, 6.45) is 0. The van der Waals surface area contributed by atoms with E-state index in [0.29, 0.717) is 11.3 Å². The first-order valence-electron chi connectivity index (χ1n) is 10.3. The van der Waals surface area contributed by atoms with Crippen LogP contribution in [-0.4, -0.2) is 39.8 Å². The minimum atomic E-state index is -0.653.